The van der Waals surface area contributed by atoms with Crippen LogP contribution in [0.25, 0.3) is 0 Å². The summed E-state index contributed by atoms with van der Waals surface area (Å²) in [6.07, 6.45) is 1.76. The van der Waals surface area contributed by atoms with Gasteiger partial charge in [0.05, 0.1) is 13.2 Å². The van der Waals surface area contributed by atoms with E-state index in [1.54, 1.807) is 6.08 Å². The lowest BCUT2D eigenvalue weighted by molar-refractivity contribution is 0.113. The molecule has 0 fully saturated rings. The van der Waals surface area contributed by atoms with Crippen LogP contribution in [-0.4, -0.2) is 19.1 Å². The molecule has 0 saturated carbocycles. The van der Waals surface area contributed by atoms with Gasteiger partial charge in [-0.15, -0.1) is 18.2 Å². The van der Waals surface area contributed by atoms with Gasteiger partial charge in [-0.2, -0.15) is 0 Å². The summed E-state index contributed by atoms with van der Waals surface area (Å²) in [6, 6.07) is 0. The minimum absolute atomic E-state index is 0.469. The van der Waals surface area contributed by atoms with E-state index in [4.69, 9.17) is 16.3 Å². The van der Waals surface area contributed by atoms with Gasteiger partial charge in [0.25, 0.3) is 0 Å². The van der Waals surface area contributed by atoms with Crippen LogP contribution in [0.1, 0.15) is 13.8 Å². The predicted molar refractivity (Wildman–Crippen MR) is 50.1 cm³/mol. The van der Waals surface area contributed by atoms with Crippen molar-refractivity contribution in [3.8, 4) is 0 Å². The lowest BCUT2D eigenvalue weighted by Crippen LogP contribution is -2.17. The maximum absolute atomic E-state index is 5.74. The summed E-state index contributed by atoms with van der Waals surface area (Å²) in [5.41, 5.74) is 0. The molecule has 1 nitrogen and oxygen atoms in total. The van der Waals surface area contributed by atoms with E-state index in [1.165, 1.54) is 0 Å². The summed E-state index contributed by atoms with van der Waals surface area (Å²) in [5, 5.41) is 0. The Bertz CT molecular complexity index is 102. The van der Waals surface area contributed by atoms with Gasteiger partial charge in [0.1, 0.15) is 0 Å². The molecule has 0 heterocycles. The molecule has 66 valence electrons. The Hall–Kier alpha value is -0.0100. The molecule has 0 bridgehead atoms. The zero-order valence-electron chi connectivity index (χ0n) is 7.35. The zero-order chi connectivity index (χ0) is 8.69. The highest BCUT2D eigenvalue weighted by Gasteiger charge is 2.11. The molecule has 1 unspecified atom stereocenters. The fourth-order valence-electron chi connectivity index (χ4n) is 0.718. The van der Waals surface area contributed by atoms with Crippen molar-refractivity contribution >= 4 is 11.6 Å². The molecule has 0 aromatic heterocycles. The molecule has 11 heavy (non-hydrogen) atoms. The Morgan fingerprint density at radius 1 is 1.55 bits per heavy atom. The lowest BCUT2D eigenvalue weighted by Gasteiger charge is -2.16. The fourth-order valence-corrected chi connectivity index (χ4v) is 1.16. The first-order valence-electron chi connectivity index (χ1n) is 3.97. The summed E-state index contributed by atoms with van der Waals surface area (Å²) < 4.78 is 5.29. The second kappa shape index (κ2) is 6.68. The Labute approximate surface area is 74.4 Å². The summed E-state index contributed by atoms with van der Waals surface area (Å²) in [7, 11) is 0. The van der Waals surface area contributed by atoms with Crippen LogP contribution in [0.5, 0.6) is 0 Å². The molecule has 0 rings (SSSR count). The molecule has 0 amide bonds. The van der Waals surface area contributed by atoms with E-state index in [9.17, 15) is 0 Å². The van der Waals surface area contributed by atoms with Crippen molar-refractivity contribution in [3.05, 3.63) is 12.7 Å². The molecule has 1 atom stereocenters. The van der Waals surface area contributed by atoms with Gasteiger partial charge in [0.2, 0.25) is 0 Å². The van der Waals surface area contributed by atoms with Crippen LogP contribution in [0.2, 0.25) is 0 Å². The van der Waals surface area contributed by atoms with Crippen molar-refractivity contribution in [2.24, 2.45) is 11.8 Å². The van der Waals surface area contributed by atoms with Crippen LogP contribution < -0.4 is 0 Å². The van der Waals surface area contributed by atoms with Crippen molar-refractivity contribution in [2.75, 3.05) is 19.1 Å². The van der Waals surface area contributed by atoms with Crippen molar-refractivity contribution in [1.82, 2.24) is 0 Å². The molecular weight excluding hydrogens is 160 g/mol. The summed E-state index contributed by atoms with van der Waals surface area (Å²) >= 11 is 5.74. The summed E-state index contributed by atoms with van der Waals surface area (Å²) in [4.78, 5) is 0. The Kier molecular flexibility index (Phi) is 6.68. The third-order valence-corrected chi connectivity index (χ3v) is 2.11. The fraction of sp³-hybridized carbons (Fsp3) is 0.778. The van der Waals surface area contributed by atoms with Gasteiger partial charge in [-0.05, 0) is 11.8 Å². The molecule has 0 N–H and O–H groups in total. The molecule has 0 radical (unpaired) electrons. The maximum atomic E-state index is 5.74. The molecule has 0 aliphatic rings. The smallest absolute Gasteiger partial charge is 0.0644 e. The van der Waals surface area contributed by atoms with Crippen LogP contribution in [0.4, 0.5) is 0 Å². The van der Waals surface area contributed by atoms with Crippen molar-refractivity contribution in [1.29, 1.82) is 0 Å². The zero-order valence-corrected chi connectivity index (χ0v) is 8.10. The van der Waals surface area contributed by atoms with Crippen molar-refractivity contribution < 1.29 is 4.74 Å². The van der Waals surface area contributed by atoms with Crippen molar-refractivity contribution in [3.63, 3.8) is 0 Å². The Morgan fingerprint density at radius 3 is 2.55 bits per heavy atom. The van der Waals surface area contributed by atoms with Crippen LogP contribution in [0.15, 0.2) is 12.7 Å². The topological polar surface area (TPSA) is 9.23 Å². The van der Waals surface area contributed by atoms with Gasteiger partial charge < -0.3 is 4.74 Å². The molecular formula is C9H17ClO. The van der Waals surface area contributed by atoms with E-state index in [-0.39, 0.29) is 0 Å². The van der Waals surface area contributed by atoms with E-state index >= 15 is 0 Å². The maximum Gasteiger partial charge on any atom is 0.0644 e. The number of alkyl halides is 1. The highest BCUT2D eigenvalue weighted by Crippen LogP contribution is 2.12. The molecule has 0 aromatic carbocycles. The normalized spacial score (nSPS) is 13.5. The van der Waals surface area contributed by atoms with Gasteiger partial charge in [-0.3, -0.25) is 0 Å². The minimum Gasteiger partial charge on any atom is -0.377 e. The summed E-state index contributed by atoms with van der Waals surface area (Å²) in [5.74, 6) is 1.74. The van der Waals surface area contributed by atoms with Gasteiger partial charge in [0.15, 0.2) is 0 Å². The van der Waals surface area contributed by atoms with Crippen molar-refractivity contribution in [2.45, 2.75) is 13.8 Å². The average molecular weight is 177 g/mol. The Morgan fingerprint density at radius 2 is 2.18 bits per heavy atom. The van der Waals surface area contributed by atoms with Gasteiger partial charge in [-0.25, -0.2) is 0 Å². The molecule has 0 saturated heterocycles. The number of rotatable bonds is 6. The molecule has 0 aliphatic carbocycles. The predicted octanol–water partition coefficient (Wildman–Crippen LogP) is 2.70. The monoisotopic (exact) mass is 176 g/mol. The van der Waals surface area contributed by atoms with Gasteiger partial charge in [-0.1, -0.05) is 19.9 Å². The van der Waals surface area contributed by atoms with E-state index < -0.39 is 0 Å². The average Bonchev–Trinajstić information content (AvgIpc) is 1.97. The van der Waals surface area contributed by atoms with Crippen LogP contribution in [0, 0.1) is 11.8 Å². The molecule has 2 heteroatoms. The third kappa shape index (κ3) is 5.28. The van der Waals surface area contributed by atoms with E-state index in [1.807, 2.05) is 0 Å². The number of hydrogen-bond donors (Lipinski definition) is 0. The van der Waals surface area contributed by atoms with E-state index in [2.05, 4.69) is 20.4 Å². The first-order valence-corrected chi connectivity index (χ1v) is 4.50. The molecule has 0 spiro atoms. The largest absolute Gasteiger partial charge is 0.377 e. The highest BCUT2D eigenvalue weighted by atomic mass is 35.5. The first-order chi connectivity index (χ1) is 5.22. The number of ether oxygens (including phenoxy) is 1. The van der Waals surface area contributed by atoms with Crippen LogP contribution >= 0.6 is 11.6 Å². The van der Waals surface area contributed by atoms with Crippen LogP contribution in [-0.2, 0) is 4.74 Å². The Balaban J connectivity index is 3.43. The quantitative estimate of drug-likeness (QED) is 0.344. The standard InChI is InChI=1S/C9H17ClO/c1-4-5-11-7-9(6-10)8(2)3/h4,8-9H,1,5-7H2,2-3H3. The van der Waals surface area contributed by atoms with Gasteiger partial charge in [0, 0.05) is 5.88 Å². The highest BCUT2D eigenvalue weighted by molar-refractivity contribution is 6.18. The summed E-state index contributed by atoms with van der Waals surface area (Å²) in [6.45, 7) is 9.25. The second-order valence-electron chi connectivity index (χ2n) is 2.98. The van der Waals surface area contributed by atoms with Crippen LogP contribution in [0.3, 0.4) is 0 Å². The minimum atomic E-state index is 0.469. The number of hydrogen-bond acceptors (Lipinski definition) is 1. The van der Waals surface area contributed by atoms with E-state index in [0.717, 1.165) is 6.61 Å². The third-order valence-electron chi connectivity index (χ3n) is 1.71. The lowest BCUT2D eigenvalue weighted by atomic mass is 9.99. The molecule has 0 aromatic rings. The SMILES string of the molecule is C=CCOCC(CCl)C(C)C. The first kappa shape index (κ1) is 11.0. The number of halogens is 1. The second-order valence-corrected chi connectivity index (χ2v) is 3.29. The molecule has 0 aliphatic heterocycles. The van der Waals surface area contributed by atoms with Gasteiger partial charge >= 0.3 is 0 Å². The van der Waals surface area contributed by atoms with E-state index in [0.29, 0.717) is 24.3 Å².